The lowest BCUT2D eigenvalue weighted by Crippen LogP contribution is -2.35. The first-order chi connectivity index (χ1) is 7.63. The molecule has 1 aromatic rings. The molecule has 0 atom stereocenters. The van der Waals surface area contributed by atoms with Gasteiger partial charge in [-0.15, -0.1) is 0 Å². The molecule has 5 heteroatoms. The number of hydrogen-bond acceptors (Lipinski definition) is 2. The molecular formula is C11H20N4O. The summed E-state index contributed by atoms with van der Waals surface area (Å²) in [5.41, 5.74) is 2.00. The quantitative estimate of drug-likeness (QED) is 0.741. The van der Waals surface area contributed by atoms with Gasteiger partial charge in [-0.1, -0.05) is 13.3 Å². The fourth-order valence-electron chi connectivity index (χ4n) is 1.44. The van der Waals surface area contributed by atoms with Gasteiger partial charge in [0, 0.05) is 31.9 Å². The van der Waals surface area contributed by atoms with Gasteiger partial charge < -0.3 is 10.6 Å². The van der Waals surface area contributed by atoms with Gasteiger partial charge in [-0.05, 0) is 13.3 Å². The molecule has 0 saturated carbocycles. The van der Waals surface area contributed by atoms with Crippen LogP contribution in [0.1, 0.15) is 31.0 Å². The zero-order valence-corrected chi connectivity index (χ0v) is 10.2. The van der Waals surface area contributed by atoms with E-state index in [9.17, 15) is 4.79 Å². The summed E-state index contributed by atoms with van der Waals surface area (Å²) in [4.78, 5) is 11.4. The lowest BCUT2D eigenvalue weighted by Gasteiger charge is -2.06. The van der Waals surface area contributed by atoms with E-state index in [2.05, 4.69) is 22.7 Å². The molecule has 1 aromatic heterocycles. The summed E-state index contributed by atoms with van der Waals surface area (Å²) in [7, 11) is 1.87. The Morgan fingerprint density at radius 1 is 1.50 bits per heavy atom. The largest absolute Gasteiger partial charge is 0.338 e. The van der Waals surface area contributed by atoms with Crippen molar-refractivity contribution in [2.75, 3.05) is 6.54 Å². The van der Waals surface area contributed by atoms with Gasteiger partial charge in [0.15, 0.2) is 0 Å². The Kier molecular flexibility index (Phi) is 4.82. The van der Waals surface area contributed by atoms with Crippen molar-refractivity contribution in [3.8, 4) is 0 Å². The van der Waals surface area contributed by atoms with E-state index < -0.39 is 0 Å². The second-order valence-electron chi connectivity index (χ2n) is 3.88. The minimum Gasteiger partial charge on any atom is -0.338 e. The summed E-state index contributed by atoms with van der Waals surface area (Å²) in [6, 6.07) is -0.114. The number of aryl methyl sites for hydroxylation is 2. The van der Waals surface area contributed by atoms with Crippen molar-refractivity contribution in [2.24, 2.45) is 7.05 Å². The number of carbonyl (C=O) groups excluding carboxylic acids is 1. The van der Waals surface area contributed by atoms with E-state index in [-0.39, 0.29) is 6.03 Å². The third-order valence-electron chi connectivity index (χ3n) is 2.37. The maximum atomic E-state index is 11.4. The maximum absolute atomic E-state index is 11.4. The van der Waals surface area contributed by atoms with Crippen LogP contribution in [0.2, 0.25) is 0 Å². The highest BCUT2D eigenvalue weighted by molar-refractivity contribution is 5.73. The molecular weight excluding hydrogens is 204 g/mol. The molecule has 0 aliphatic heterocycles. The molecule has 0 fully saturated rings. The normalized spacial score (nSPS) is 10.2. The molecule has 0 unspecified atom stereocenters. The highest BCUT2D eigenvalue weighted by atomic mass is 16.2. The molecule has 0 aliphatic carbocycles. The van der Waals surface area contributed by atoms with E-state index in [0.717, 1.165) is 30.6 Å². The number of urea groups is 1. The summed E-state index contributed by atoms with van der Waals surface area (Å²) in [5.74, 6) is 0. The van der Waals surface area contributed by atoms with Gasteiger partial charge in [-0.3, -0.25) is 4.68 Å². The van der Waals surface area contributed by atoms with Crippen molar-refractivity contribution in [3.63, 3.8) is 0 Å². The van der Waals surface area contributed by atoms with Crippen LogP contribution in [-0.2, 0) is 13.6 Å². The van der Waals surface area contributed by atoms with Crippen LogP contribution in [0.4, 0.5) is 4.79 Å². The van der Waals surface area contributed by atoms with Crippen molar-refractivity contribution in [3.05, 3.63) is 17.5 Å². The van der Waals surface area contributed by atoms with Crippen LogP contribution in [0.5, 0.6) is 0 Å². The number of hydrogen-bond donors (Lipinski definition) is 2. The van der Waals surface area contributed by atoms with E-state index in [1.165, 1.54) is 0 Å². The second-order valence-corrected chi connectivity index (χ2v) is 3.88. The van der Waals surface area contributed by atoms with Gasteiger partial charge in [0.2, 0.25) is 0 Å². The molecule has 2 N–H and O–H groups in total. The third-order valence-corrected chi connectivity index (χ3v) is 2.37. The van der Waals surface area contributed by atoms with E-state index >= 15 is 0 Å². The van der Waals surface area contributed by atoms with Crippen LogP contribution in [-0.4, -0.2) is 22.4 Å². The summed E-state index contributed by atoms with van der Waals surface area (Å²) >= 11 is 0. The van der Waals surface area contributed by atoms with Crippen LogP contribution in [0, 0.1) is 6.92 Å². The highest BCUT2D eigenvalue weighted by Crippen LogP contribution is 2.03. The number of aromatic nitrogens is 2. The number of unbranched alkanes of at least 4 members (excludes halogenated alkanes) is 1. The maximum Gasteiger partial charge on any atom is 0.315 e. The first kappa shape index (κ1) is 12.5. The fraction of sp³-hybridized carbons (Fsp3) is 0.636. The van der Waals surface area contributed by atoms with Crippen LogP contribution in [0.15, 0.2) is 6.20 Å². The van der Waals surface area contributed by atoms with Crippen LogP contribution >= 0.6 is 0 Å². The molecule has 0 radical (unpaired) electrons. The lowest BCUT2D eigenvalue weighted by molar-refractivity contribution is 0.240. The average molecular weight is 224 g/mol. The zero-order chi connectivity index (χ0) is 12.0. The van der Waals surface area contributed by atoms with Crippen LogP contribution in [0.3, 0.4) is 0 Å². The lowest BCUT2D eigenvalue weighted by atomic mass is 10.3. The molecule has 0 bridgehead atoms. The van der Waals surface area contributed by atoms with E-state index in [1.807, 2.05) is 20.2 Å². The summed E-state index contributed by atoms with van der Waals surface area (Å²) in [6.07, 6.45) is 4.02. The molecule has 16 heavy (non-hydrogen) atoms. The summed E-state index contributed by atoms with van der Waals surface area (Å²) < 4.78 is 1.75. The standard InChI is InChI=1S/C11H20N4O/c1-4-5-6-12-11(16)13-7-10-8-15(3)14-9(10)2/h8H,4-7H2,1-3H3,(H2,12,13,16). The Bertz CT molecular complexity index is 346. The van der Waals surface area contributed by atoms with Crippen molar-refractivity contribution in [1.29, 1.82) is 0 Å². The molecule has 2 amide bonds. The minimum absolute atomic E-state index is 0.114. The van der Waals surface area contributed by atoms with E-state index in [0.29, 0.717) is 6.54 Å². The monoisotopic (exact) mass is 224 g/mol. The van der Waals surface area contributed by atoms with E-state index in [4.69, 9.17) is 0 Å². The number of rotatable bonds is 5. The molecule has 1 heterocycles. The SMILES string of the molecule is CCCCNC(=O)NCc1cn(C)nc1C. The van der Waals surface area contributed by atoms with Gasteiger partial charge in [0.25, 0.3) is 0 Å². The second kappa shape index (κ2) is 6.15. The number of amides is 2. The predicted octanol–water partition coefficient (Wildman–Crippen LogP) is 1.33. The van der Waals surface area contributed by atoms with Crippen molar-refractivity contribution < 1.29 is 4.79 Å². The van der Waals surface area contributed by atoms with Gasteiger partial charge in [-0.25, -0.2) is 4.79 Å². The predicted molar refractivity (Wildman–Crippen MR) is 63.1 cm³/mol. The molecule has 0 aromatic carbocycles. The first-order valence-electron chi connectivity index (χ1n) is 5.64. The fourth-order valence-corrected chi connectivity index (χ4v) is 1.44. The first-order valence-corrected chi connectivity index (χ1v) is 5.64. The Labute approximate surface area is 96.2 Å². The average Bonchev–Trinajstić information content (AvgIpc) is 2.55. The van der Waals surface area contributed by atoms with Gasteiger partial charge >= 0.3 is 6.03 Å². The van der Waals surface area contributed by atoms with Gasteiger partial charge in [0.05, 0.1) is 5.69 Å². The summed E-state index contributed by atoms with van der Waals surface area (Å²) in [5, 5.41) is 9.82. The van der Waals surface area contributed by atoms with E-state index in [1.54, 1.807) is 4.68 Å². The molecule has 0 spiro atoms. The minimum atomic E-state index is -0.114. The topological polar surface area (TPSA) is 59.0 Å². The Balaban J connectivity index is 2.29. The molecule has 5 nitrogen and oxygen atoms in total. The smallest absolute Gasteiger partial charge is 0.315 e. The number of nitrogens with one attached hydrogen (secondary N) is 2. The highest BCUT2D eigenvalue weighted by Gasteiger charge is 2.04. The van der Waals surface area contributed by atoms with Crippen LogP contribution in [0.25, 0.3) is 0 Å². The Hall–Kier alpha value is -1.52. The van der Waals surface area contributed by atoms with Crippen molar-refractivity contribution in [2.45, 2.75) is 33.2 Å². The molecule has 0 aliphatic rings. The molecule has 0 saturated heterocycles. The summed E-state index contributed by atoms with van der Waals surface area (Å²) in [6.45, 7) is 5.29. The molecule has 90 valence electrons. The Morgan fingerprint density at radius 2 is 2.25 bits per heavy atom. The Morgan fingerprint density at radius 3 is 2.81 bits per heavy atom. The third kappa shape index (κ3) is 3.92. The van der Waals surface area contributed by atoms with Crippen molar-refractivity contribution >= 4 is 6.03 Å². The molecule has 1 rings (SSSR count). The number of carbonyl (C=O) groups is 1. The zero-order valence-electron chi connectivity index (χ0n) is 10.2. The van der Waals surface area contributed by atoms with Gasteiger partial charge in [0.1, 0.15) is 0 Å². The number of nitrogens with zero attached hydrogens (tertiary/aromatic N) is 2. The van der Waals surface area contributed by atoms with Crippen LogP contribution < -0.4 is 10.6 Å². The van der Waals surface area contributed by atoms with Crippen molar-refractivity contribution in [1.82, 2.24) is 20.4 Å². The van der Waals surface area contributed by atoms with Gasteiger partial charge in [-0.2, -0.15) is 5.10 Å².